The molecule has 0 atom stereocenters. The molecule has 0 fully saturated rings. The number of hydrogen-bond acceptors (Lipinski definition) is 5. The van der Waals surface area contributed by atoms with Gasteiger partial charge in [0, 0.05) is 24.5 Å². The zero-order valence-corrected chi connectivity index (χ0v) is 17.1. The average molecular weight is 422 g/mol. The summed E-state index contributed by atoms with van der Waals surface area (Å²) in [6, 6.07) is 6.89. The van der Waals surface area contributed by atoms with Crippen molar-refractivity contribution in [3.8, 4) is 11.3 Å². The van der Waals surface area contributed by atoms with Crippen LogP contribution in [-0.2, 0) is 11.3 Å². The molecule has 0 bridgehead atoms. The first kappa shape index (κ1) is 19.7. The first-order valence-electron chi connectivity index (χ1n) is 8.22. The van der Waals surface area contributed by atoms with E-state index in [1.165, 1.54) is 11.8 Å². The maximum Gasteiger partial charge on any atom is 0.234 e. The first-order valence-corrected chi connectivity index (χ1v) is 9.96. The normalized spacial score (nSPS) is 10.8. The minimum atomic E-state index is -0.237. The van der Waals surface area contributed by atoms with Gasteiger partial charge in [-0.05, 0) is 32.0 Å². The molecule has 0 radical (unpaired) electrons. The van der Waals surface area contributed by atoms with Crippen molar-refractivity contribution < 1.29 is 4.79 Å². The van der Waals surface area contributed by atoms with Crippen LogP contribution in [0.15, 0.2) is 41.8 Å². The van der Waals surface area contributed by atoms with Crippen LogP contribution in [0.1, 0.15) is 12.6 Å². The summed E-state index contributed by atoms with van der Waals surface area (Å²) in [6.07, 6.45) is 3.63. The summed E-state index contributed by atoms with van der Waals surface area (Å²) in [5, 5.41) is 8.45. The topological polar surface area (TPSA) is 72.7 Å². The molecule has 27 heavy (non-hydrogen) atoms. The van der Waals surface area contributed by atoms with Gasteiger partial charge in [0.1, 0.15) is 0 Å². The van der Waals surface area contributed by atoms with Gasteiger partial charge < -0.3 is 5.32 Å². The fourth-order valence-electron chi connectivity index (χ4n) is 2.41. The Morgan fingerprint density at radius 2 is 2.00 bits per heavy atom. The van der Waals surface area contributed by atoms with Crippen LogP contribution in [0.4, 0.5) is 5.69 Å². The van der Waals surface area contributed by atoms with Crippen molar-refractivity contribution in [2.45, 2.75) is 25.5 Å². The molecule has 6 nitrogen and oxygen atoms in total. The third-order valence-corrected chi connectivity index (χ3v) is 5.23. The van der Waals surface area contributed by atoms with E-state index in [-0.39, 0.29) is 11.7 Å². The fourth-order valence-corrected chi connectivity index (χ4v) is 3.54. The van der Waals surface area contributed by atoms with Gasteiger partial charge in [-0.15, -0.1) is 0 Å². The number of anilines is 1. The zero-order valence-electron chi connectivity index (χ0n) is 14.7. The van der Waals surface area contributed by atoms with E-state index in [2.05, 4.69) is 20.4 Å². The predicted molar refractivity (Wildman–Crippen MR) is 109 cm³/mol. The lowest BCUT2D eigenvalue weighted by Crippen LogP contribution is -2.15. The third kappa shape index (κ3) is 4.80. The van der Waals surface area contributed by atoms with E-state index in [0.717, 1.165) is 23.5 Å². The van der Waals surface area contributed by atoms with Crippen molar-refractivity contribution >= 4 is 46.6 Å². The van der Waals surface area contributed by atoms with Gasteiger partial charge in [-0.1, -0.05) is 41.0 Å². The van der Waals surface area contributed by atoms with Crippen LogP contribution in [0.25, 0.3) is 11.3 Å². The Hall–Kier alpha value is -2.09. The van der Waals surface area contributed by atoms with Crippen LogP contribution in [-0.4, -0.2) is 31.4 Å². The summed E-state index contributed by atoms with van der Waals surface area (Å²) in [5.74, 6) is -0.0999. The molecule has 0 saturated heterocycles. The van der Waals surface area contributed by atoms with Gasteiger partial charge in [0.05, 0.1) is 32.9 Å². The maximum absolute atomic E-state index is 12.2. The highest BCUT2D eigenvalue weighted by atomic mass is 35.5. The highest BCUT2D eigenvalue weighted by Gasteiger charge is 2.13. The van der Waals surface area contributed by atoms with Crippen LogP contribution in [0, 0.1) is 6.92 Å². The fraction of sp³-hybridized carbons (Fsp3) is 0.222. The highest BCUT2D eigenvalue weighted by molar-refractivity contribution is 7.99. The molecule has 1 N–H and O–H groups in total. The molecule has 0 unspecified atom stereocenters. The lowest BCUT2D eigenvalue weighted by Gasteiger charge is -2.08. The number of para-hydroxylation sites is 1. The molecule has 9 heteroatoms. The van der Waals surface area contributed by atoms with E-state index in [9.17, 15) is 4.79 Å². The van der Waals surface area contributed by atoms with Gasteiger partial charge in [0.25, 0.3) is 0 Å². The van der Waals surface area contributed by atoms with E-state index >= 15 is 0 Å². The Balaban J connectivity index is 1.68. The van der Waals surface area contributed by atoms with E-state index in [0.29, 0.717) is 20.9 Å². The van der Waals surface area contributed by atoms with Crippen molar-refractivity contribution in [1.82, 2.24) is 19.7 Å². The van der Waals surface area contributed by atoms with E-state index in [1.54, 1.807) is 24.4 Å². The Bertz CT molecular complexity index is 956. The molecule has 2 aromatic heterocycles. The Morgan fingerprint density at radius 1 is 1.26 bits per heavy atom. The molecule has 0 spiro atoms. The van der Waals surface area contributed by atoms with Crippen molar-refractivity contribution in [3.05, 3.63) is 52.4 Å². The van der Waals surface area contributed by atoms with Crippen molar-refractivity contribution in [2.75, 3.05) is 11.1 Å². The Labute approximate surface area is 171 Å². The number of aryl methyl sites for hydroxylation is 2. The van der Waals surface area contributed by atoms with Gasteiger partial charge in [-0.3, -0.25) is 9.48 Å². The second kappa shape index (κ2) is 8.73. The number of halogens is 2. The highest BCUT2D eigenvalue weighted by Crippen LogP contribution is 2.30. The lowest BCUT2D eigenvalue weighted by molar-refractivity contribution is -0.113. The second-order valence-corrected chi connectivity index (χ2v) is 7.40. The summed E-state index contributed by atoms with van der Waals surface area (Å²) in [4.78, 5) is 21.0. The van der Waals surface area contributed by atoms with Gasteiger partial charge in [0.2, 0.25) is 5.91 Å². The number of thioether (sulfide) groups is 1. The van der Waals surface area contributed by atoms with Crippen LogP contribution in [0.3, 0.4) is 0 Å². The van der Waals surface area contributed by atoms with Gasteiger partial charge in [0.15, 0.2) is 5.16 Å². The van der Waals surface area contributed by atoms with Crippen LogP contribution in [0.5, 0.6) is 0 Å². The summed E-state index contributed by atoms with van der Waals surface area (Å²) >= 11 is 13.4. The largest absolute Gasteiger partial charge is 0.323 e. The van der Waals surface area contributed by atoms with Gasteiger partial charge in [-0.25, -0.2) is 9.97 Å². The number of carbonyl (C=O) groups is 1. The van der Waals surface area contributed by atoms with Crippen LogP contribution >= 0.6 is 35.0 Å². The van der Waals surface area contributed by atoms with Gasteiger partial charge >= 0.3 is 0 Å². The first-order chi connectivity index (χ1) is 13.0. The summed E-state index contributed by atoms with van der Waals surface area (Å²) < 4.78 is 1.86. The standard InChI is InChI=1S/C18H17Cl2N5OS/c1-3-25-9-12(11(2)24-25)15-7-8-21-18(22-15)27-10-16(26)23-17-13(19)5-4-6-14(17)20/h4-9H,3,10H2,1-2H3,(H,23,26). The van der Waals surface area contributed by atoms with Crippen LogP contribution < -0.4 is 5.32 Å². The quantitative estimate of drug-likeness (QED) is 0.460. The zero-order chi connectivity index (χ0) is 19.4. The molecule has 0 aliphatic heterocycles. The minimum absolute atomic E-state index is 0.137. The molecule has 3 rings (SSSR count). The molecule has 0 saturated carbocycles. The predicted octanol–water partition coefficient (Wildman–Crippen LogP) is 4.71. The average Bonchev–Trinajstić information content (AvgIpc) is 3.04. The number of aromatic nitrogens is 4. The van der Waals surface area contributed by atoms with Crippen LogP contribution in [0.2, 0.25) is 10.0 Å². The molecule has 3 aromatic rings. The number of carbonyl (C=O) groups excluding carboxylic acids is 1. The number of nitrogens with zero attached hydrogens (tertiary/aromatic N) is 4. The molecular formula is C18H17Cl2N5OS. The summed E-state index contributed by atoms with van der Waals surface area (Å²) in [5.41, 5.74) is 3.04. The monoisotopic (exact) mass is 421 g/mol. The summed E-state index contributed by atoms with van der Waals surface area (Å²) in [7, 11) is 0. The smallest absolute Gasteiger partial charge is 0.234 e. The third-order valence-electron chi connectivity index (χ3n) is 3.74. The Morgan fingerprint density at radius 3 is 2.67 bits per heavy atom. The van der Waals surface area contributed by atoms with E-state index < -0.39 is 0 Å². The number of hydrogen-bond donors (Lipinski definition) is 1. The van der Waals surface area contributed by atoms with Crippen molar-refractivity contribution in [2.24, 2.45) is 0 Å². The second-order valence-electron chi connectivity index (χ2n) is 5.64. The maximum atomic E-state index is 12.2. The number of rotatable bonds is 6. The van der Waals surface area contributed by atoms with Gasteiger partial charge in [-0.2, -0.15) is 5.10 Å². The molecule has 1 amide bonds. The minimum Gasteiger partial charge on any atom is -0.323 e. The number of amides is 1. The Kier molecular flexibility index (Phi) is 6.36. The SMILES string of the molecule is CCn1cc(-c2ccnc(SCC(=O)Nc3c(Cl)cccc3Cl)n2)c(C)n1. The molecule has 140 valence electrons. The van der Waals surface area contributed by atoms with E-state index in [4.69, 9.17) is 23.2 Å². The lowest BCUT2D eigenvalue weighted by atomic mass is 10.2. The molecule has 0 aliphatic carbocycles. The molecule has 1 aromatic carbocycles. The number of nitrogens with one attached hydrogen (secondary N) is 1. The molecular weight excluding hydrogens is 405 g/mol. The number of benzene rings is 1. The molecule has 0 aliphatic rings. The molecule has 2 heterocycles. The summed E-state index contributed by atoms with van der Waals surface area (Å²) in [6.45, 7) is 4.76. The van der Waals surface area contributed by atoms with E-state index in [1.807, 2.05) is 30.8 Å². The van der Waals surface area contributed by atoms with Crippen molar-refractivity contribution in [1.29, 1.82) is 0 Å². The van der Waals surface area contributed by atoms with Crippen molar-refractivity contribution in [3.63, 3.8) is 0 Å².